The van der Waals surface area contributed by atoms with Crippen molar-refractivity contribution in [2.24, 2.45) is 0 Å². The van der Waals surface area contributed by atoms with Gasteiger partial charge >= 0.3 is 0 Å². The third-order valence-electron chi connectivity index (χ3n) is 3.59. The molecule has 104 valence electrons. The summed E-state index contributed by atoms with van der Waals surface area (Å²) in [6.45, 7) is 1.93. The molecule has 0 atom stereocenters. The summed E-state index contributed by atoms with van der Waals surface area (Å²) in [5.41, 5.74) is 0.832. The van der Waals surface area contributed by atoms with Crippen LogP contribution in [0.15, 0.2) is 22.7 Å². The van der Waals surface area contributed by atoms with Crippen LogP contribution in [0.4, 0.5) is 4.39 Å². The van der Waals surface area contributed by atoms with Crippen LogP contribution < -0.4 is 5.32 Å². The Labute approximate surface area is 121 Å². The van der Waals surface area contributed by atoms with E-state index in [1.807, 2.05) is 11.9 Å². The zero-order valence-electron chi connectivity index (χ0n) is 11.0. The summed E-state index contributed by atoms with van der Waals surface area (Å²) in [6.07, 6.45) is 2.31. The second-order valence-corrected chi connectivity index (χ2v) is 5.77. The van der Waals surface area contributed by atoms with E-state index in [2.05, 4.69) is 21.2 Å². The van der Waals surface area contributed by atoms with Gasteiger partial charge < -0.3 is 10.2 Å². The lowest BCUT2D eigenvalue weighted by atomic mass is 10.0. The van der Waals surface area contributed by atoms with E-state index in [1.54, 1.807) is 12.1 Å². The van der Waals surface area contributed by atoms with Crippen molar-refractivity contribution in [3.05, 3.63) is 34.1 Å². The van der Waals surface area contributed by atoms with E-state index in [0.29, 0.717) is 16.9 Å². The number of likely N-dealkylation sites (N-methyl/N-ethyl adjacent to an activating group) is 1. The Morgan fingerprint density at radius 1 is 1.47 bits per heavy atom. The lowest BCUT2D eigenvalue weighted by Gasteiger charge is -2.31. The van der Waals surface area contributed by atoms with Crippen LogP contribution in [0.5, 0.6) is 0 Å². The number of benzene rings is 1. The molecule has 1 aromatic carbocycles. The minimum Gasteiger partial charge on any atom is -0.342 e. The first-order chi connectivity index (χ1) is 9.08. The first kappa shape index (κ1) is 14.5. The van der Waals surface area contributed by atoms with Crippen LogP contribution in [0.2, 0.25) is 0 Å². The van der Waals surface area contributed by atoms with Crippen molar-refractivity contribution in [3.8, 4) is 0 Å². The maximum Gasteiger partial charge on any atom is 0.226 e. The maximum absolute atomic E-state index is 13.1. The second-order valence-electron chi connectivity index (χ2n) is 4.91. The Kier molecular flexibility index (Phi) is 4.93. The number of hydrogen-bond acceptors (Lipinski definition) is 2. The van der Waals surface area contributed by atoms with Crippen molar-refractivity contribution in [1.82, 2.24) is 10.2 Å². The van der Waals surface area contributed by atoms with Gasteiger partial charge in [-0.05, 0) is 59.6 Å². The molecule has 5 heteroatoms. The van der Waals surface area contributed by atoms with Crippen molar-refractivity contribution in [3.63, 3.8) is 0 Å². The SMILES string of the molecule is CN(C(=O)Cc1ccc(F)c(Br)c1)C1CCNCC1. The van der Waals surface area contributed by atoms with Gasteiger partial charge in [-0.2, -0.15) is 0 Å². The summed E-state index contributed by atoms with van der Waals surface area (Å²) >= 11 is 3.14. The van der Waals surface area contributed by atoms with E-state index >= 15 is 0 Å². The molecule has 1 aliphatic rings. The van der Waals surface area contributed by atoms with Gasteiger partial charge in [0.1, 0.15) is 5.82 Å². The van der Waals surface area contributed by atoms with Crippen LogP contribution in [0.1, 0.15) is 18.4 Å². The van der Waals surface area contributed by atoms with E-state index < -0.39 is 0 Å². The van der Waals surface area contributed by atoms with Crippen LogP contribution in [0.3, 0.4) is 0 Å². The highest BCUT2D eigenvalue weighted by Crippen LogP contribution is 2.18. The van der Waals surface area contributed by atoms with Crippen molar-refractivity contribution < 1.29 is 9.18 Å². The Morgan fingerprint density at radius 3 is 2.79 bits per heavy atom. The Balaban J connectivity index is 1.97. The number of nitrogens with one attached hydrogen (secondary N) is 1. The highest BCUT2D eigenvalue weighted by molar-refractivity contribution is 9.10. The lowest BCUT2D eigenvalue weighted by Crippen LogP contribution is -2.44. The molecule has 0 bridgehead atoms. The molecule has 2 rings (SSSR count). The summed E-state index contributed by atoms with van der Waals surface area (Å²) in [5.74, 6) is -0.215. The van der Waals surface area contributed by atoms with Crippen LogP contribution in [-0.4, -0.2) is 37.0 Å². The van der Waals surface area contributed by atoms with Gasteiger partial charge in [0.05, 0.1) is 10.9 Å². The van der Waals surface area contributed by atoms with Gasteiger partial charge in [0.25, 0.3) is 0 Å². The molecule has 0 spiro atoms. The minimum atomic E-state index is -0.303. The quantitative estimate of drug-likeness (QED) is 0.923. The van der Waals surface area contributed by atoms with Crippen LogP contribution in [0, 0.1) is 5.82 Å². The molecule has 0 radical (unpaired) electrons. The van der Waals surface area contributed by atoms with Crippen molar-refractivity contribution in [2.75, 3.05) is 20.1 Å². The van der Waals surface area contributed by atoms with Gasteiger partial charge in [-0.3, -0.25) is 4.79 Å². The van der Waals surface area contributed by atoms with Crippen molar-refractivity contribution >= 4 is 21.8 Å². The number of piperidine rings is 1. The molecule has 0 aromatic heterocycles. The molecule has 0 saturated carbocycles. The van der Waals surface area contributed by atoms with Gasteiger partial charge in [0.15, 0.2) is 0 Å². The lowest BCUT2D eigenvalue weighted by molar-refractivity contribution is -0.131. The van der Waals surface area contributed by atoms with E-state index in [-0.39, 0.29) is 11.7 Å². The average Bonchev–Trinajstić information content (AvgIpc) is 2.43. The molecule has 1 heterocycles. The first-order valence-electron chi connectivity index (χ1n) is 6.48. The molecule has 3 nitrogen and oxygen atoms in total. The molecule has 1 amide bonds. The summed E-state index contributed by atoms with van der Waals surface area (Å²) in [4.78, 5) is 14.0. The normalized spacial score (nSPS) is 16.4. The van der Waals surface area contributed by atoms with Crippen molar-refractivity contribution in [2.45, 2.75) is 25.3 Å². The van der Waals surface area contributed by atoms with Crippen LogP contribution in [-0.2, 0) is 11.2 Å². The fraction of sp³-hybridized carbons (Fsp3) is 0.500. The van der Waals surface area contributed by atoms with Crippen LogP contribution in [0.25, 0.3) is 0 Å². The number of nitrogens with zero attached hydrogens (tertiary/aromatic N) is 1. The van der Waals surface area contributed by atoms with Gasteiger partial charge in [0, 0.05) is 13.1 Å². The molecular formula is C14H18BrFN2O. The van der Waals surface area contributed by atoms with Crippen LogP contribution >= 0.6 is 15.9 Å². The highest BCUT2D eigenvalue weighted by Gasteiger charge is 2.21. The molecule has 19 heavy (non-hydrogen) atoms. The monoisotopic (exact) mass is 328 g/mol. The summed E-state index contributed by atoms with van der Waals surface area (Å²) in [6, 6.07) is 5.03. The third kappa shape index (κ3) is 3.76. The van der Waals surface area contributed by atoms with Gasteiger partial charge in [0.2, 0.25) is 5.91 Å². The fourth-order valence-electron chi connectivity index (χ4n) is 2.35. The number of rotatable bonds is 3. The summed E-state index contributed by atoms with van der Waals surface area (Å²) < 4.78 is 13.5. The number of hydrogen-bond donors (Lipinski definition) is 1. The van der Waals surface area contributed by atoms with E-state index in [4.69, 9.17) is 0 Å². The zero-order valence-corrected chi connectivity index (χ0v) is 12.5. The largest absolute Gasteiger partial charge is 0.342 e. The molecule has 1 aliphatic heterocycles. The number of carbonyl (C=O) groups is 1. The topological polar surface area (TPSA) is 32.3 Å². The fourth-order valence-corrected chi connectivity index (χ4v) is 2.77. The van der Waals surface area contributed by atoms with Gasteiger partial charge in [-0.25, -0.2) is 4.39 Å². The minimum absolute atomic E-state index is 0.0883. The molecular weight excluding hydrogens is 311 g/mol. The molecule has 0 aliphatic carbocycles. The van der Waals surface area contributed by atoms with Gasteiger partial charge in [-0.1, -0.05) is 6.07 Å². The smallest absolute Gasteiger partial charge is 0.226 e. The molecule has 1 saturated heterocycles. The highest BCUT2D eigenvalue weighted by atomic mass is 79.9. The van der Waals surface area contributed by atoms with E-state index in [1.165, 1.54) is 6.07 Å². The molecule has 1 aromatic rings. The average molecular weight is 329 g/mol. The van der Waals surface area contributed by atoms with E-state index in [0.717, 1.165) is 31.5 Å². The predicted octanol–water partition coefficient (Wildman–Crippen LogP) is 2.34. The Hall–Kier alpha value is -0.940. The standard InChI is InChI=1S/C14H18BrFN2O/c1-18(11-4-6-17-7-5-11)14(19)9-10-2-3-13(16)12(15)8-10/h2-3,8,11,17H,4-7,9H2,1H3. The summed E-state index contributed by atoms with van der Waals surface area (Å²) in [7, 11) is 1.86. The number of amides is 1. The first-order valence-corrected chi connectivity index (χ1v) is 7.27. The van der Waals surface area contributed by atoms with Gasteiger partial charge in [-0.15, -0.1) is 0 Å². The predicted molar refractivity (Wildman–Crippen MR) is 76.5 cm³/mol. The zero-order chi connectivity index (χ0) is 13.8. The maximum atomic E-state index is 13.1. The molecule has 1 fully saturated rings. The third-order valence-corrected chi connectivity index (χ3v) is 4.20. The molecule has 1 N–H and O–H groups in total. The Morgan fingerprint density at radius 2 is 2.16 bits per heavy atom. The Bertz CT molecular complexity index is 461. The number of halogens is 2. The van der Waals surface area contributed by atoms with E-state index in [9.17, 15) is 9.18 Å². The number of carbonyl (C=O) groups excluding carboxylic acids is 1. The van der Waals surface area contributed by atoms with Crippen molar-refractivity contribution in [1.29, 1.82) is 0 Å². The molecule has 0 unspecified atom stereocenters. The summed E-state index contributed by atoms with van der Waals surface area (Å²) in [5, 5.41) is 3.29. The second kappa shape index (κ2) is 6.48.